The Hall–Kier alpha value is -2.58. The van der Waals surface area contributed by atoms with Gasteiger partial charge in [0.25, 0.3) is 5.91 Å². The van der Waals surface area contributed by atoms with Crippen molar-refractivity contribution in [1.82, 2.24) is 4.72 Å². The van der Waals surface area contributed by atoms with Gasteiger partial charge in [0.1, 0.15) is 11.6 Å². The molecule has 8 heteroatoms. The molecule has 1 amide bonds. The molecule has 2 aromatic carbocycles. The Kier molecular flexibility index (Phi) is 3.94. The van der Waals surface area contributed by atoms with Gasteiger partial charge in [-0.3, -0.25) is 4.79 Å². The van der Waals surface area contributed by atoms with Gasteiger partial charge in [-0.15, -0.1) is 0 Å². The molecule has 2 aromatic rings. The second-order valence-corrected chi connectivity index (χ2v) is 6.95. The van der Waals surface area contributed by atoms with Crippen LogP contribution in [0.3, 0.4) is 0 Å². The zero-order valence-electron chi connectivity index (χ0n) is 12.4. The molecule has 2 N–H and O–H groups in total. The Balaban J connectivity index is 2.18. The average Bonchev–Trinajstić information content (AvgIpc) is 2.85. The summed E-state index contributed by atoms with van der Waals surface area (Å²) in [6.07, 6.45) is 1.07. The smallest absolute Gasteiger partial charge is 0.256 e. The van der Waals surface area contributed by atoms with E-state index in [0.717, 1.165) is 18.2 Å². The van der Waals surface area contributed by atoms with Crippen molar-refractivity contribution in [3.63, 3.8) is 0 Å². The molecule has 0 saturated carbocycles. The van der Waals surface area contributed by atoms with E-state index in [1.54, 1.807) is 0 Å². The van der Waals surface area contributed by atoms with Gasteiger partial charge < -0.3 is 5.32 Å². The van der Waals surface area contributed by atoms with Crippen molar-refractivity contribution < 1.29 is 22.0 Å². The van der Waals surface area contributed by atoms with Crippen LogP contribution in [0.2, 0.25) is 0 Å². The molecular weight excluding hydrogens is 338 g/mol. The van der Waals surface area contributed by atoms with Gasteiger partial charge in [-0.25, -0.2) is 21.9 Å². The molecule has 0 spiro atoms. The first kappa shape index (κ1) is 16.3. The van der Waals surface area contributed by atoms with E-state index in [0.29, 0.717) is 5.69 Å². The van der Waals surface area contributed by atoms with E-state index in [1.807, 2.05) is 0 Å². The summed E-state index contributed by atoms with van der Waals surface area (Å²) in [6, 6.07) is 7.40. The van der Waals surface area contributed by atoms with E-state index in [-0.39, 0.29) is 21.6 Å². The zero-order chi connectivity index (χ0) is 17.5. The molecule has 1 heterocycles. The van der Waals surface area contributed by atoms with E-state index in [1.165, 1.54) is 31.3 Å². The fourth-order valence-electron chi connectivity index (χ4n) is 2.39. The monoisotopic (exact) mass is 350 g/mol. The van der Waals surface area contributed by atoms with Crippen LogP contribution in [0, 0.1) is 11.6 Å². The minimum atomic E-state index is -3.71. The van der Waals surface area contributed by atoms with Crippen LogP contribution >= 0.6 is 0 Å². The number of carbonyl (C=O) groups is 1. The Morgan fingerprint density at radius 3 is 2.42 bits per heavy atom. The van der Waals surface area contributed by atoms with Crippen LogP contribution in [-0.2, 0) is 14.8 Å². The first-order valence-electron chi connectivity index (χ1n) is 6.88. The highest BCUT2D eigenvalue weighted by molar-refractivity contribution is 7.89. The third-order valence-electron chi connectivity index (χ3n) is 3.64. The molecule has 0 aliphatic carbocycles. The number of anilines is 1. The van der Waals surface area contributed by atoms with Crippen molar-refractivity contribution in [1.29, 1.82) is 0 Å². The zero-order valence-corrected chi connectivity index (χ0v) is 13.2. The summed E-state index contributed by atoms with van der Waals surface area (Å²) >= 11 is 0. The van der Waals surface area contributed by atoms with Crippen LogP contribution in [0.1, 0.15) is 11.1 Å². The van der Waals surface area contributed by atoms with Gasteiger partial charge in [0.05, 0.1) is 4.90 Å². The minimum absolute atomic E-state index is 0.0119. The van der Waals surface area contributed by atoms with Crippen molar-refractivity contribution in [2.45, 2.75) is 4.90 Å². The van der Waals surface area contributed by atoms with Gasteiger partial charge >= 0.3 is 0 Å². The van der Waals surface area contributed by atoms with Crippen LogP contribution in [0.5, 0.6) is 0 Å². The second kappa shape index (κ2) is 5.81. The molecule has 5 nitrogen and oxygen atoms in total. The highest BCUT2D eigenvalue weighted by atomic mass is 32.2. The van der Waals surface area contributed by atoms with Crippen molar-refractivity contribution in [3.8, 4) is 0 Å². The van der Waals surface area contributed by atoms with E-state index < -0.39 is 27.6 Å². The van der Waals surface area contributed by atoms with E-state index in [9.17, 15) is 22.0 Å². The molecule has 1 aliphatic heterocycles. The van der Waals surface area contributed by atoms with Crippen LogP contribution in [0.4, 0.5) is 14.5 Å². The maximum absolute atomic E-state index is 13.8. The molecule has 0 fully saturated rings. The van der Waals surface area contributed by atoms with Gasteiger partial charge in [0.15, 0.2) is 0 Å². The molecule has 0 saturated heterocycles. The number of amides is 1. The Morgan fingerprint density at radius 2 is 1.79 bits per heavy atom. The number of hydrogen-bond acceptors (Lipinski definition) is 3. The van der Waals surface area contributed by atoms with Gasteiger partial charge in [-0.1, -0.05) is 6.07 Å². The maximum Gasteiger partial charge on any atom is 0.256 e. The Labute approximate surface area is 137 Å². The molecule has 124 valence electrons. The second-order valence-electron chi connectivity index (χ2n) is 5.06. The number of benzene rings is 2. The summed E-state index contributed by atoms with van der Waals surface area (Å²) in [5.74, 6) is -2.20. The summed E-state index contributed by atoms with van der Waals surface area (Å²) in [6.45, 7) is 0. The fourth-order valence-corrected chi connectivity index (χ4v) is 3.14. The van der Waals surface area contributed by atoms with Crippen LogP contribution < -0.4 is 10.0 Å². The summed E-state index contributed by atoms with van der Waals surface area (Å²) in [5, 5.41) is 2.54. The topological polar surface area (TPSA) is 75.3 Å². The lowest BCUT2D eigenvalue weighted by molar-refractivity contribution is -0.110. The van der Waals surface area contributed by atoms with Gasteiger partial charge in [0.2, 0.25) is 10.0 Å². The number of nitrogens with one attached hydrogen (secondary N) is 2. The third kappa shape index (κ3) is 2.70. The first-order valence-corrected chi connectivity index (χ1v) is 8.37. The number of hydrogen-bond donors (Lipinski definition) is 2. The molecule has 24 heavy (non-hydrogen) atoms. The van der Waals surface area contributed by atoms with Gasteiger partial charge in [-0.2, -0.15) is 0 Å². The summed E-state index contributed by atoms with van der Waals surface area (Å²) in [5.41, 5.74) is 0.261. The standard InChI is InChI=1S/C16H12F2N2O3S/c1-19-24(22,23)9-5-6-15-10(7-9)11(16(21)20-15)8-12-13(17)3-2-4-14(12)18/h2-8,19H,1H3,(H,20,21). The quantitative estimate of drug-likeness (QED) is 0.835. The van der Waals surface area contributed by atoms with Crippen LogP contribution in [-0.4, -0.2) is 21.4 Å². The lowest BCUT2D eigenvalue weighted by Crippen LogP contribution is -2.18. The average molecular weight is 350 g/mol. The summed E-state index contributed by atoms with van der Waals surface area (Å²) in [4.78, 5) is 12.0. The van der Waals surface area contributed by atoms with E-state index in [4.69, 9.17) is 0 Å². The van der Waals surface area contributed by atoms with Crippen molar-refractivity contribution in [2.75, 3.05) is 12.4 Å². The first-order chi connectivity index (χ1) is 11.3. The van der Waals surface area contributed by atoms with Crippen molar-refractivity contribution in [2.24, 2.45) is 0 Å². The molecule has 0 unspecified atom stereocenters. The van der Waals surface area contributed by atoms with Crippen LogP contribution in [0.15, 0.2) is 41.3 Å². The predicted molar refractivity (Wildman–Crippen MR) is 85.5 cm³/mol. The van der Waals surface area contributed by atoms with Gasteiger partial charge in [0, 0.05) is 22.4 Å². The van der Waals surface area contributed by atoms with E-state index >= 15 is 0 Å². The highest BCUT2D eigenvalue weighted by Gasteiger charge is 2.27. The molecular formula is C16H12F2N2O3S. The minimum Gasteiger partial charge on any atom is -0.321 e. The Bertz CT molecular complexity index is 965. The van der Waals surface area contributed by atoms with E-state index in [2.05, 4.69) is 10.0 Å². The molecule has 0 bridgehead atoms. The fraction of sp³-hybridized carbons (Fsp3) is 0.0625. The lowest BCUT2D eigenvalue weighted by Gasteiger charge is -2.05. The molecule has 0 atom stereocenters. The number of halogens is 2. The van der Waals surface area contributed by atoms with Crippen molar-refractivity contribution in [3.05, 3.63) is 59.2 Å². The lowest BCUT2D eigenvalue weighted by atomic mass is 10.0. The number of fused-ring (bicyclic) bond motifs is 1. The Morgan fingerprint density at radius 1 is 1.12 bits per heavy atom. The molecule has 3 rings (SSSR count). The summed E-state index contributed by atoms with van der Waals surface area (Å²) in [7, 11) is -2.45. The molecule has 0 radical (unpaired) electrons. The number of carbonyl (C=O) groups excluding carboxylic acids is 1. The van der Waals surface area contributed by atoms with Crippen LogP contribution in [0.25, 0.3) is 11.6 Å². The maximum atomic E-state index is 13.8. The predicted octanol–water partition coefficient (Wildman–Crippen LogP) is 2.37. The molecule has 0 aromatic heterocycles. The largest absolute Gasteiger partial charge is 0.321 e. The van der Waals surface area contributed by atoms with Gasteiger partial charge in [-0.05, 0) is 43.5 Å². The summed E-state index contributed by atoms with van der Waals surface area (Å²) < 4.78 is 53.6. The number of sulfonamides is 1. The number of rotatable bonds is 3. The van der Waals surface area contributed by atoms with Crippen molar-refractivity contribution >= 4 is 33.3 Å². The normalized spacial score (nSPS) is 15.5. The highest BCUT2D eigenvalue weighted by Crippen LogP contribution is 2.35. The third-order valence-corrected chi connectivity index (χ3v) is 5.05. The molecule has 1 aliphatic rings. The SMILES string of the molecule is CNS(=O)(=O)c1ccc2c(c1)C(=Cc1c(F)cccc1F)C(=O)N2.